The number of hydrogen-bond donors (Lipinski definition) is 1. The van der Waals surface area contributed by atoms with E-state index < -0.39 is 23.7 Å². The first kappa shape index (κ1) is 17.3. The fourth-order valence-corrected chi connectivity index (χ4v) is 3.23. The molecule has 0 aliphatic heterocycles. The number of carboxylic acid groups (broad SMARTS) is 1. The van der Waals surface area contributed by atoms with Gasteiger partial charge in [-0.3, -0.25) is 4.90 Å². The minimum atomic E-state index is -1.05. The standard InChI is InChI=1S/C17H21NO4S/c1-17(2,3)22-16(21)18(4)13(15(19)20)9-11-10-23-14-8-6-5-7-12(11)14/h5-8,10,13H,9H2,1-4H3,(H,19,20). The molecule has 0 saturated carbocycles. The Labute approximate surface area is 139 Å². The van der Waals surface area contributed by atoms with Crippen LogP contribution in [0.2, 0.25) is 0 Å². The molecule has 0 spiro atoms. The summed E-state index contributed by atoms with van der Waals surface area (Å²) in [6.07, 6.45) is -0.390. The quantitative estimate of drug-likeness (QED) is 0.924. The van der Waals surface area contributed by atoms with Crippen LogP contribution in [0.15, 0.2) is 29.6 Å². The maximum atomic E-state index is 12.1. The highest BCUT2D eigenvalue weighted by atomic mass is 32.1. The van der Waals surface area contributed by atoms with Gasteiger partial charge in [-0.2, -0.15) is 0 Å². The van der Waals surface area contributed by atoms with Crippen molar-refractivity contribution >= 4 is 33.5 Å². The van der Waals surface area contributed by atoms with Crippen LogP contribution >= 0.6 is 11.3 Å². The summed E-state index contributed by atoms with van der Waals surface area (Å²) in [6.45, 7) is 5.25. The molecule has 2 rings (SSSR count). The molecule has 1 heterocycles. The molecule has 1 N–H and O–H groups in total. The highest BCUT2D eigenvalue weighted by Crippen LogP contribution is 2.27. The van der Waals surface area contributed by atoms with Crippen molar-refractivity contribution in [1.82, 2.24) is 4.90 Å². The van der Waals surface area contributed by atoms with Crippen LogP contribution in [-0.2, 0) is 16.0 Å². The smallest absolute Gasteiger partial charge is 0.410 e. The largest absolute Gasteiger partial charge is 0.480 e. The fourth-order valence-electron chi connectivity index (χ4n) is 2.25. The second-order valence-corrected chi connectivity index (χ2v) is 7.32. The number of hydrogen-bond acceptors (Lipinski definition) is 4. The summed E-state index contributed by atoms with van der Waals surface area (Å²) in [7, 11) is 1.46. The minimum Gasteiger partial charge on any atom is -0.480 e. The van der Waals surface area contributed by atoms with Gasteiger partial charge in [0, 0.05) is 18.2 Å². The lowest BCUT2D eigenvalue weighted by Crippen LogP contribution is -2.46. The molecule has 0 bridgehead atoms. The van der Waals surface area contributed by atoms with Crippen molar-refractivity contribution in [2.24, 2.45) is 0 Å². The summed E-state index contributed by atoms with van der Waals surface area (Å²) in [5.74, 6) is -1.05. The Bertz CT molecular complexity index is 717. The van der Waals surface area contributed by atoms with Gasteiger partial charge in [-0.05, 0) is 43.2 Å². The normalized spacial score (nSPS) is 12.9. The first-order valence-electron chi connectivity index (χ1n) is 7.33. The van der Waals surface area contributed by atoms with Crippen LogP contribution in [-0.4, -0.2) is 40.8 Å². The summed E-state index contributed by atoms with van der Waals surface area (Å²) in [4.78, 5) is 24.9. The zero-order valence-corrected chi connectivity index (χ0v) is 14.5. The van der Waals surface area contributed by atoms with Crippen LogP contribution in [0.3, 0.4) is 0 Å². The second-order valence-electron chi connectivity index (χ2n) is 6.41. The van der Waals surface area contributed by atoms with E-state index in [4.69, 9.17) is 4.74 Å². The number of benzene rings is 1. The predicted molar refractivity (Wildman–Crippen MR) is 90.9 cm³/mol. The van der Waals surface area contributed by atoms with E-state index >= 15 is 0 Å². The number of aliphatic carboxylic acids is 1. The van der Waals surface area contributed by atoms with E-state index in [2.05, 4.69) is 0 Å². The van der Waals surface area contributed by atoms with E-state index in [1.165, 1.54) is 7.05 Å². The molecule has 0 radical (unpaired) electrons. The zero-order valence-electron chi connectivity index (χ0n) is 13.7. The molecule has 1 aromatic heterocycles. The third kappa shape index (κ3) is 4.22. The number of amides is 1. The minimum absolute atomic E-state index is 0.245. The summed E-state index contributed by atoms with van der Waals surface area (Å²) in [5.41, 5.74) is 0.261. The molecule has 0 fully saturated rings. The number of carboxylic acids is 1. The van der Waals surface area contributed by atoms with Crippen LogP contribution in [0, 0.1) is 0 Å². The molecule has 0 aliphatic carbocycles. The molecule has 23 heavy (non-hydrogen) atoms. The van der Waals surface area contributed by atoms with Crippen molar-refractivity contribution < 1.29 is 19.4 Å². The molecule has 0 saturated heterocycles. The first-order chi connectivity index (χ1) is 10.7. The molecule has 5 nitrogen and oxygen atoms in total. The summed E-state index contributed by atoms with van der Waals surface area (Å²) < 4.78 is 6.37. The maximum Gasteiger partial charge on any atom is 0.410 e. The number of thiophene rings is 1. The van der Waals surface area contributed by atoms with Gasteiger partial charge in [0.05, 0.1) is 0 Å². The van der Waals surface area contributed by atoms with Crippen molar-refractivity contribution in [3.63, 3.8) is 0 Å². The van der Waals surface area contributed by atoms with Crippen LogP contribution < -0.4 is 0 Å². The summed E-state index contributed by atoms with van der Waals surface area (Å²) in [6, 6.07) is 6.86. The van der Waals surface area contributed by atoms with Gasteiger partial charge in [-0.15, -0.1) is 11.3 Å². The SMILES string of the molecule is CN(C(=O)OC(C)(C)C)C(Cc1csc2ccccc12)C(=O)O. The molecular weight excluding hydrogens is 314 g/mol. The second kappa shape index (κ2) is 6.58. The molecule has 6 heteroatoms. The number of fused-ring (bicyclic) bond motifs is 1. The summed E-state index contributed by atoms with van der Waals surface area (Å²) in [5, 5.41) is 12.5. The molecule has 2 aromatic rings. The van der Waals surface area contributed by atoms with Crippen molar-refractivity contribution in [3.8, 4) is 0 Å². The lowest BCUT2D eigenvalue weighted by Gasteiger charge is -2.28. The summed E-state index contributed by atoms with van der Waals surface area (Å²) >= 11 is 1.57. The van der Waals surface area contributed by atoms with Crippen molar-refractivity contribution in [3.05, 3.63) is 35.2 Å². The Morgan fingerprint density at radius 1 is 1.30 bits per heavy atom. The highest BCUT2D eigenvalue weighted by Gasteiger charge is 2.30. The topological polar surface area (TPSA) is 66.8 Å². The Hall–Kier alpha value is -2.08. The average molecular weight is 335 g/mol. The maximum absolute atomic E-state index is 12.1. The highest BCUT2D eigenvalue weighted by molar-refractivity contribution is 7.17. The van der Waals surface area contributed by atoms with Crippen molar-refractivity contribution in [1.29, 1.82) is 0 Å². The molecular formula is C17H21NO4S. The molecule has 1 aromatic carbocycles. The van der Waals surface area contributed by atoms with Crippen LogP contribution in [0.4, 0.5) is 4.79 Å². The monoisotopic (exact) mass is 335 g/mol. The molecule has 1 atom stereocenters. The van der Waals surface area contributed by atoms with E-state index in [0.717, 1.165) is 20.5 Å². The lowest BCUT2D eigenvalue weighted by molar-refractivity contribution is -0.142. The van der Waals surface area contributed by atoms with E-state index in [0.29, 0.717) is 0 Å². The number of likely N-dealkylation sites (N-methyl/N-ethyl adjacent to an activating group) is 1. The zero-order chi connectivity index (χ0) is 17.2. The van der Waals surface area contributed by atoms with E-state index in [1.54, 1.807) is 32.1 Å². The van der Waals surface area contributed by atoms with Crippen molar-refractivity contribution in [2.45, 2.75) is 38.8 Å². The van der Waals surface area contributed by atoms with Gasteiger partial charge in [0.25, 0.3) is 0 Å². The van der Waals surface area contributed by atoms with Crippen LogP contribution in [0.1, 0.15) is 26.3 Å². The number of carbonyl (C=O) groups excluding carboxylic acids is 1. The fraction of sp³-hybridized carbons (Fsp3) is 0.412. The van der Waals surface area contributed by atoms with Gasteiger partial charge in [-0.25, -0.2) is 9.59 Å². The van der Waals surface area contributed by atoms with Gasteiger partial charge in [0.1, 0.15) is 11.6 Å². The van der Waals surface area contributed by atoms with Crippen LogP contribution in [0.5, 0.6) is 0 Å². The van der Waals surface area contributed by atoms with Gasteiger partial charge in [0.2, 0.25) is 0 Å². The molecule has 1 unspecified atom stereocenters. The first-order valence-corrected chi connectivity index (χ1v) is 8.21. The Balaban J connectivity index is 2.22. The van der Waals surface area contributed by atoms with E-state index in [9.17, 15) is 14.7 Å². The Morgan fingerprint density at radius 3 is 2.57 bits per heavy atom. The lowest BCUT2D eigenvalue weighted by atomic mass is 10.0. The van der Waals surface area contributed by atoms with Gasteiger partial charge >= 0.3 is 12.1 Å². The number of ether oxygens (including phenoxy) is 1. The van der Waals surface area contributed by atoms with E-state index in [1.807, 2.05) is 29.6 Å². The van der Waals surface area contributed by atoms with Gasteiger partial charge < -0.3 is 9.84 Å². The van der Waals surface area contributed by atoms with E-state index in [-0.39, 0.29) is 6.42 Å². The Morgan fingerprint density at radius 2 is 1.96 bits per heavy atom. The third-order valence-corrected chi connectivity index (χ3v) is 4.42. The van der Waals surface area contributed by atoms with Gasteiger partial charge in [-0.1, -0.05) is 18.2 Å². The molecule has 124 valence electrons. The molecule has 0 aliphatic rings. The number of rotatable bonds is 4. The molecule has 1 amide bonds. The average Bonchev–Trinajstić information content (AvgIpc) is 2.85. The third-order valence-electron chi connectivity index (χ3n) is 3.41. The Kier molecular flexibility index (Phi) is 4.94. The van der Waals surface area contributed by atoms with Crippen molar-refractivity contribution in [2.75, 3.05) is 7.05 Å². The predicted octanol–water partition coefficient (Wildman–Crippen LogP) is 3.76. The van der Waals surface area contributed by atoms with Gasteiger partial charge in [0.15, 0.2) is 0 Å². The number of nitrogens with zero attached hydrogens (tertiary/aromatic N) is 1. The number of carbonyl (C=O) groups is 2. The van der Waals surface area contributed by atoms with Crippen LogP contribution in [0.25, 0.3) is 10.1 Å².